The third-order valence-corrected chi connectivity index (χ3v) is 2.42. The lowest BCUT2D eigenvalue weighted by molar-refractivity contribution is -0.385. The van der Waals surface area contributed by atoms with Crippen LogP contribution in [0.15, 0.2) is 30.7 Å². The fourth-order valence-electron chi connectivity index (χ4n) is 1.32. The van der Waals surface area contributed by atoms with Crippen LogP contribution in [0.3, 0.4) is 0 Å². The number of hydrogen-bond acceptors (Lipinski definition) is 6. The summed E-state index contributed by atoms with van der Waals surface area (Å²) in [6, 6.07) is 3.73. The van der Waals surface area contributed by atoms with Gasteiger partial charge < -0.3 is 4.74 Å². The minimum Gasteiger partial charge on any atom is -0.430 e. The van der Waals surface area contributed by atoms with Crippen molar-refractivity contribution < 1.29 is 14.5 Å². The fraction of sp³-hybridized carbons (Fsp3) is 0. The number of nitrogens with zero attached hydrogens (tertiary/aromatic N) is 3. The summed E-state index contributed by atoms with van der Waals surface area (Å²) in [5, 5.41) is 11.0. The molecule has 0 N–H and O–H groups in total. The van der Waals surface area contributed by atoms with Gasteiger partial charge in [-0.15, -0.1) is 0 Å². The number of rotatable bonds is 4. The highest BCUT2D eigenvalue weighted by molar-refractivity contribution is 6.31. The maximum absolute atomic E-state index is 10.9. The first-order chi connectivity index (χ1) is 9.11. The van der Waals surface area contributed by atoms with Crippen molar-refractivity contribution >= 4 is 23.6 Å². The molecule has 19 heavy (non-hydrogen) atoms. The summed E-state index contributed by atoms with van der Waals surface area (Å²) in [6.45, 7) is 0. The van der Waals surface area contributed by atoms with Crippen LogP contribution in [0.4, 0.5) is 5.69 Å². The minimum absolute atomic E-state index is 0.0252. The molecular weight excluding hydrogens is 274 g/mol. The van der Waals surface area contributed by atoms with E-state index >= 15 is 0 Å². The van der Waals surface area contributed by atoms with Crippen molar-refractivity contribution in [3.63, 3.8) is 0 Å². The van der Waals surface area contributed by atoms with Crippen LogP contribution in [-0.4, -0.2) is 21.2 Å². The third kappa shape index (κ3) is 2.83. The molecule has 0 amide bonds. The molecule has 96 valence electrons. The van der Waals surface area contributed by atoms with E-state index in [0.29, 0.717) is 6.29 Å². The van der Waals surface area contributed by atoms with Crippen molar-refractivity contribution in [2.24, 2.45) is 0 Å². The zero-order valence-electron chi connectivity index (χ0n) is 9.32. The second kappa shape index (κ2) is 5.40. The predicted octanol–water partition coefficient (Wildman–Crippen LogP) is 2.64. The molecule has 0 aliphatic rings. The molecule has 1 heterocycles. The minimum atomic E-state index is -0.626. The number of ether oxygens (including phenoxy) is 1. The van der Waals surface area contributed by atoms with Crippen LogP contribution in [0.25, 0.3) is 0 Å². The lowest BCUT2D eigenvalue weighted by Crippen LogP contribution is -1.96. The van der Waals surface area contributed by atoms with Crippen molar-refractivity contribution in [1.82, 2.24) is 9.97 Å². The Labute approximate surface area is 112 Å². The van der Waals surface area contributed by atoms with E-state index in [1.807, 2.05) is 0 Å². The molecule has 0 saturated carbocycles. The third-order valence-electron chi connectivity index (χ3n) is 2.16. The van der Waals surface area contributed by atoms with Crippen LogP contribution in [0.2, 0.25) is 5.02 Å². The first kappa shape index (κ1) is 12.9. The van der Waals surface area contributed by atoms with Crippen LogP contribution in [0, 0.1) is 10.1 Å². The van der Waals surface area contributed by atoms with Crippen molar-refractivity contribution in [2.45, 2.75) is 0 Å². The van der Waals surface area contributed by atoms with Crippen molar-refractivity contribution in [1.29, 1.82) is 0 Å². The van der Waals surface area contributed by atoms with Gasteiger partial charge >= 0.3 is 5.69 Å². The molecule has 0 spiro atoms. The molecule has 0 radical (unpaired) electrons. The number of hydrogen-bond donors (Lipinski definition) is 0. The average molecular weight is 280 g/mol. The average Bonchev–Trinajstić information content (AvgIpc) is 2.41. The number of carbonyl (C=O) groups excluding carboxylic acids is 1. The summed E-state index contributed by atoms with van der Waals surface area (Å²) in [7, 11) is 0. The first-order valence-corrected chi connectivity index (χ1v) is 5.36. The quantitative estimate of drug-likeness (QED) is 0.485. The lowest BCUT2D eigenvalue weighted by atomic mass is 10.2. The zero-order valence-corrected chi connectivity index (χ0v) is 10.1. The molecule has 1 aromatic carbocycles. The number of nitro groups is 1. The maximum atomic E-state index is 10.9. The molecule has 0 bridgehead atoms. The second-order valence-corrected chi connectivity index (χ2v) is 3.79. The normalized spacial score (nSPS) is 9.95. The molecule has 0 unspecified atom stereocenters. The van der Waals surface area contributed by atoms with E-state index in [1.165, 1.54) is 30.7 Å². The molecule has 0 atom stereocenters. The Hall–Kier alpha value is -2.54. The van der Waals surface area contributed by atoms with Gasteiger partial charge in [0.2, 0.25) is 11.6 Å². The molecule has 0 aliphatic carbocycles. The molecule has 8 heteroatoms. The number of aldehydes is 1. The van der Waals surface area contributed by atoms with Crippen LogP contribution in [0.5, 0.6) is 11.6 Å². The van der Waals surface area contributed by atoms with E-state index in [1.54, 1.807) is 0 Å². The SMILES string of the molecule is O=Cc1ccc([N+](=O)[O-])c(Oc2ncncc2Cl)c1. The van der Waals surface area contributed by atoms with Gasteiger partial charge in [0.1, 0.15) is 17.6 Å². The Morgan fingerprint density at radius 1 is 1.42 bits per heavy atom. The van der Waals surface area contributed by atoms with Gasteiger partial charge in [-0.3, -0.25) is 14.9 Å². The number of halogens is 1. The van der Waals surface area contributed by atoms with E-state index < -0.39 is 4.92 Å². The van der Waals surface area contributed by atoms with Gasteiger partial charge in [-0.05, 0) is 12.1 Å². The number of benzene rings is 1. The van der Waals surface area contributed by atoms with Gasteiger partial charge in [0.15, 0.2) is 0 Å². The summed E-state index contributed by atoms with van der Waals surface area (Å²) in [5.74, 6) is -0.141. The molecule has 2 rings (SSSR count). The Kier molecular flexibility index (Phi) is 3.67. The molecule has 7 nitrogen and oxygen atoms in total. The molecular formula is C11H6ClN3O4. The Morgan fingerprint density at radius 3 is 2.84 bits per heavy atom. The number of nitro benzene ring substituents is 1. The van der Waals surface area contributed by atoms with Gasteiger partial charge in [0.05, 0.1) is 11.1 Å². The molecule has 0 aliphatic heterocycles. The van der Waals surface area contributed by atoms with Crippen LogP contribution >= 0.6 is 11.6 Å². The fourth-order valence-corrected chi connectivity index (χ4v) is 1.46. The van der Waals surface area contributed by atoms with Gasteiger partial charge in [-0.25, -0.2) is 9.97 Å². The Bertz CT molecular complexity index is 648. The van der Waals surface area contributed by atoms with Crippen LogP contribution in [-0.2, 0) is 0 Å². The molecule has 2 aromatic rings. The standard InChI is InChI=1S/C11H6ClN3O4/c12-8-4-13-6-14-11(8)19-10-3-7(5-16)1-2-9(10)15(17)18/h1-6H. The second-order valence-electron chi connectivity index (χ2n) is 3.38. The van der Waals surface area contributed by atoms with Gasteiger partial charge in [-0.2, -0.15) is 0 Å². The topological polar surface area (TPSA) is 95.2 Å². The van der Waals surface area contributed by atoms with E-state index in [2.05, 4.69) is 9.97 Å². The van der Waals surface area contributed by atoms with Crippen LogP contribution < -0.4 is 4.74 Å². The highest BCUT2D eigenvalue weighted by atomic mass is 35.5. The zero-order chi connectivity index (χ0) is 13.8. The molecule has 1 aromatic heterocycles. The van der Waals surface area contributed by atoms with Crippen LogP contribution in [0.1, 0.15) is 10.4 Å². The van der Waals surface area contributed by atoms with Gasteiger partial charge in [0.25, 0.3) is 0 Å². The van der Waals surface area contributed by atoms with E-state index in [4.69, 9.17) is 16.3 Å². The Morgan fingerprint density at radius 2 is 2.21 bits per heavy atom. The van der Waals surface area contributed by atoms with E-state index in [0.717, 1.165) is 0 Å². The van der Waals surface area contributed by atoms with Gasteiger partial charge in [-0.1, -0.05) is 11.6 Å². The summed E-state index contributed by atoms with van der Waals surface area (Å²) < 4.78 is 5.26. The largest absolute Gasteiger partial charge is 0.430 e. The first-order valence-electron chi connectivity index (χ1n) is 4.99. The van der Waals surface area contributed by atoms with Crippen molar-refractivity contribution in [3.05, 3.63) is 51.4 Å². The van der Waals surface area contributed by atoms with Gasteiger partial charge in [0, 0.05) is 11.6 Å². The lowest BCUT2D eigenvalue weighted by Gasteiger charge is -2.06. The summed E-state index contributed by atoms with van der Waals surface area (Å²) in [5.41, 5.74) is -0.0499. The molecule has 0 saturated heterocycles. The number of carbonyl (C=O) groups is 1. The summed E-state index contributed by atoms with van der Waals surface area (Å²) >= 11 is 5.79. The predicted molar refractivity (Wildman–Crippen MR) is 65.6 cm³/mol. The number of aromatic nitrogens is 2. The summed E-state index contributed by atoms with van der Waals surface area (Å²) in [6.07, 6.45) is 3.04. The highest BCUT2D eigenvalue weighted by Crippen LogP contribution is 2.33. The highest BCUT2D eigenvalue weighted by Gasteiger charge is 2.18. The van der Waals surface area contributed by atoms with E-state index in [-0.39, 0.29) is 27.9 Å². The van der Waals surface area contributed by atoms with Crippen molar-refractivity contribution in [3.8, 4) is 11.6 Å². The maximum Gasteiger partial charge on any atom is 0.311 e. The monoisotopic (exact) mass is 279 g/mol. The molecule has 0 fully saturated rings. The smallest absolute Gasteiger partial charge is 0.311 e. The Balaban J connectivity index is 2.45. The van der Waals surface area contributed by atoms with Crippen molar-refractivity contribution in [2.75, 3.05) is 0 Å². The van der Waals surface area contributed by atoms with E-state index in [9.17, 15) is 14.9 Å². The summed E-state index contributed by atoms with van der Waals surface area (Å²) in [4.78, 5) is 28.3.